The van der Waals surface area contributed by atoms with Crippen molar-refractivity contribution in [2.45, 2.75) is 19.4 Å². The third kappa shape index (κ3) is 3.66. The fourth-order valence-corrected chi connectivity index (χ4v) is 2.93. The minimum absolute atomic E-state index is 0.518. The van der Waals surface area contributed by atoms with Gasteiger partial charge in [0.2, 0.25) is 4.47 Å². The largest absolute Gasteiger partial charge is 0.381 e. The summed E-state index contributed by atoms with van der Waals surface area (Å²) < 4.78 is 5.98. The summed E-state index contributed by atoms with van der Waals surface area (Å²) in [5.74, 6) is 0.655. The lowest BCUT2D eigenvalue weighted by Gasteiger charge is -2.26. The fourth-order valence-electron chi connectivity index (χ4n) is 1.98. The van der Waals surface area contributed by atoms with E-state index in [1.54, 1.807) is 0 Å². The molecule has 0 spiro atoms. The predicted octanol–water partition coefficient (Wildman–Crippen LogP) is 2.05. The number of hydrogen-bond acceptors (Lipinski definition) is 5. The SMILES string of the molecule is CN(Cc1nnc(Cl)s1)CC1CCCOC1. The molecule has 1 atom stereocenters. The van der Waals surface area contributed by atoms with Crippen molar-refractivity contribution >= 4 is 22.9 Å². The van der Waals surface area contributed by atoms with Crippen LogP contribution in [-0.4, -0.2) is 41.9 Å². The number of hydrogen-bond donors (Lipinski definition) is 0. The molecule has 1 unspecified atom stereocenters. The summed E-state index contributed by atoms with van der Waals surface area (Å²) >= 11 is 7.19. The molecule has 1 aromatic rings. The van der Waals surface area contributed by atoms with Crippen LogP contribution in [-0.2, 0) is 11.3 Å². The number of ether oxygens (including phenoxy) is 1. The van der Waals surface area contributed by atoms with Gasteiger partial charge in [-0.3, -0.25) is 4.90 Å². The molecule has 1 saturated heterocycles. The highest BCUT2D eigenvalue weighted by Crippen LogP contribution is 2.18. The van der Waals surface area contributed by atoms with Crippen molar-refractivity contribution in [2.24, 2.45) is 5.92 Å². The Morgan fingerprint density at radius 2 is 2.44 bits per heavy atom. The molecular formula is C10H16ClN3OS. The highest BCUT2D eigenvalue weighted by molar-refractivity contribution is 7.15. The quantitative estimate of drug-likeness (QED) is 0.832. The summed E-state index contributed by atoms with van der Waals surface area (Å²) in [6.45, 7) is 3.69. The molecule has 0 saturated carbocycles. The lowest BCUT2D eigenvalue weighted by atomic mass is 10.0. The first-order chi connectivity index (χ1) is 7.74. The first kappa shape index (κ1) is 12.2. The molecule has 0 amide bonds. The van der Waals surface area contributed by atoms with Gasteiger partial charge >= 0.3 is 0 Å². The number of rotatable bonds is 4. The highest BCUT2D eigenvalue weighted by Gasteiger charge is 2.16. The van der Waals surface area contributed by atoms with Crippen molar-refractivity contribution in [3.63, 3.8) is 0 Å². The molecule has 1 aliphatic rings. The molecule has 1 aliphatic heterocycles. The second-order valence-corrected chi connectivity index (χ2v) is 5.87. The van der Waals surface area contributed by atoms with Crippen LogP contribution in [0.25, 0.3) is 0 Å². The molecule has 0 aliphatic carbocycles. The van der Waals surface area contributed by atoms with Crippen molar-refractivity contribution in [1.82, 2.24) is 15.1 Å². The van der Waals surface area contributed by atoms with Gasteiger partial charge in [0.1, 0.15) is 5.01 Å². The maximum Gasteiger partial charge on any atom is 0.207 e. The van der Waals surface area contributed by atoms with E-state index in [1.165, 1.54) is 24.2 Å². The van der Waals surface area contributed by atoms with E-state index in [0.717, 1.165) is 31.3 Å². The molecule has 0 aromatic carbocycles. The Labute approximate surface area is 105 Å². The molecule has 2 heterocycles. The third-order valence-electron chi connectivity index (χ3n) is 2.67. The zero-order chi connectivity index (χ0) is 11.4. The van der Waals surface area contributed by atoms with Gasteiger partial charge in [0.25, 0.3) is 0 Å². The van der Waals surface area contributed by atoms with Gasteiger partial charge in [-0.25, -0.2) is 0 Å². The summed E-state index contributed by atoms with van der Waals surface area (Å²) in [7, 11) is 2.10. The maximum absolute atomic E-state index is 5.74. The van der Waals surface area contributed by atoms with E-state index < -0.39 is 0 Å². The van der Waals surface area contributed by atoms with Gasteiger partial charge < -0.3 is 4.74 Å². The minimum atomic E-state index is 0.518. The normalized spacial score (nSPS) is 21.6. The van der Waals surface area contributed by atoms with Gasteiger partial charge in [0.15, 0.2) is 0 Å². The van der Waals surface area contributed by atoms with Crippen molar-refractivity contribution in [1.29, 1.82) is 0 Å². The van der Waals surface area contributed by atoms with Crippen LogP contribution < -0.4 is 0 Å². The van der Waals surface area contributed by atoms with Crippen LogP contribution >= 0.6 is 22.9 Å². The monoisotopic (exact) mass is 261 g/mol. The molecule has 16 heavy (non-hydrogen) atoms. The molecule has 4 nitrogen and oxygen atoms in total. The average molecular weight is 262 g/mol. The molecule has 0 bridgehead atoms. The fraction of sp³-hybridized carbons (Fsp3) is 0.800. The van der Waals surface area contributed by atoms with Crippen LogP contribution in [0.1, 0.15) is 17.8 Å². The standard InChI is InChI=1S/C10H16ClN3OS/c1-14(5-8-3-2-4-15-7-8)6-9-12-13-10(11)16-9/h8H,2-7H2,1H3. The molecule has 0 N–H and O–H groups in total. The van der Waals surface area contributed by atoms with Gasteiger partial charge in [-0.15, -0.1) is 10.2 Å². The zero-order valence-electron chi connectivity index (χ0n) is 9.36. The minimum Gasteiger partial charge on any atom is -0.381 e. The predicted molar refractivity (Wildman–Crippen MR) is 64.8 cm³/mol. The molecular weight excluding hydrogens is 246 g/mol. The second kappa shape index (κ2) is 5.91. The summed E-state index contributed by atoms with van der Waals surface area (Å²) in [4.78, 5) is 2.26. The molecule has 6 heteroatoms. The number of halogens is 1. The molecule has 1 fully saturated rings. The van der Waals surface area contributed by atoms with Crippen LogP contribution in [0.4, 0.5) is 0 Å². The first-order valence-corrected chi connectivity index (χ1v) is 6.67. The van der Waals surface area contributed by atoms with E-state index >= 15 is 0 Å². The van der Waals surface area contributed by atoms with E-state index in [-0.39, 0.29) is 0 Å². The summed E-state index contributed by atoms with van der Waals surface area (Å²) in [6.07, 6.45) is 2.45. The Hall–Kier alpha value is -0.230. The van der Waals surface area contributed by atoms with Gasteiger partial charge in [0.05, 0.1) is 13.2 Å². The highest BCUT2D eigenvalue weighted by atomic mass is 35.5. The Morgan fingerprint density at radius 3 is 3.06 bits per heavy atom. The van der Waals surface area contributed by atoms with Crippen molar-refractivity contribution in [2.75, 3.05) is 26.8 Å². The van der Waals surface area contributed by atoms with Crippen LogP contribution in [0.2, 0.25) is 4.47 Å². The van der Waals surface area contributed by atoms with Crippen molar-refractivity contribution in [3.8, 4) is 0 Å². The Balaban J connectivity index is 1.77. The first-order valence-electron chi connectivity index (χ1n) is 5.48. The molecule has 2 rings (SSSR count). The lowest BCUT2D eigenvalue weighted by Crippen LogP contribution is -2.30. The summed E-state index contributed by atoms with van der Waals surface area (Å²) in [5.41, 5.74) is 0. The smallest absolute Gasteiger partial charge is 0.207 e. The van der Waals surface area contributed by atoms with Crippen LogP contribution in [0.15, 0.2) is 0 Å². The maximum atomic E-state index is 5.74. The molecule has 0 radical (unpaired) electrons. The molecule has 90 valence electrons. The van der Waals surface area contributed by atoms with Crippen molar-refractivity contribution in [3.05, 3.63) is 9.47 Å². The lowest BCUT2D eigenvalue weighted by molar-refractivity contribution is 0.0411. The number of aromatic nitrogens is 2. The van der Waals surface area contributed by atoms with Gasteiger partial charge in [-0.2, -0.15) is 0 Å². The molecule has 1 aromatic heterocycles. The van der Waals surface area contributed by atoms with E-state index in [9.17, 15) is 0 Å². The van der Waals surface area contributed by atoms with Crippen LogP contribution in [0.5, 0.6) is 0 Å². The summed E-state index contributed by atoms with van der Waals surface area (Å²) in [5, 5.41) is 8.79. The Kier molecular flexibility index (Phi) is 4.52. The van der Waals surface area contributed by atoms with Gasteiger partial charge in [-0.1, -0.05) is 11.3 Å². The van der Waals surface area contributed by atoms with Crippen LogP contribution in [0, 0.1) is 5.92 Å². The average Bonchev–Trinajstić information content (AvgIpc) is 2.65. The topological polar surface area (TPSA) is 38.2 Å². The second-order valence-electron chi connectivity index (χ2n) is 4.23. The summed E-state index contributed by atoms with van der Waals surface area (Å²) in [6, 6.07) is 0. The van der Waals surface area contributed by atoms with Crippen molar-refractivity contribution < 1.29 is 4.74 Å². The Morgan fingerprint density at radius 1 is 1.56 bits per heavy atom. The van der Waals surface area contributed by atoms with E-state index in [4.69, 9.17) is 16.3 Å². The number of nitrogens with zero attached hydrogens (tertiary/aromatic N) is 3. The third-order valence-corrected chi connectivity index (χ3v) is 3.68. The van der Waals surface area contributed by atoms with E-state index in [1.807, 2.05) is 0 Å². The zero-order valence-corrected chi connectivity index (χ0v) is 10.9. The van der Waals surface area contributed by atoms with Gasteiger partial charge in [0, 0.05) is 13.2 Å². The van der Waals surface area contributed by atoms with Crippen LogP contribution in [0.3, 0.4) is 0 Å². The van der Waals surface area contributed by atoms with E-state index in [0.29, 0.717) is 10.4 Å². The van der Waals surface area contributed by atoms with E-state index in [2.05, 4.69) is 22.1 Å². The Bertz CT molecular complexity index is 328. The van der Waals surface area contributed by atoms with Gasteiger partial charge in [-0.05, 0) is 37.4 Å².